The van der Waals surface area contributed by atoms with E-state index in [0.717, 1.165) is 5.69 Å². The molecule has 0 bridgehead atoms. The maximum Gasteiger partial charge on any atom is 0.251 e. The van der Waals surface area contributed by atoms with Crippen LogP contribution in [-0.2, 0) is 10.0 Å². The first kappa shape index (κ1) is 19.7. The molecule has 0 atom stereocenters. The van der Waals surface area contributed by atoms with Gasteiger partial charge in [-0.15, -0.1) is 0 Å². The van der Waals surface area contributed by atoms with Gasteiger partial charge in [0.15, 0.2) is 0 Å². The van der Waals surface area contributed by atoms with E-state index < -0.39 is 10.0 Å². The molecule has 0 saturated heterocycles. The zero-order chi connectivity index (χ0) is 19.2. The fourth-order valence-corrected chi connectivity index (χ4v) is 3.24. The summed E-state index contributed by atoms with van der Waals surface area (Å²) in [7, 11) is 1.73. The number of rotatable bonds is 8. The third-order valence-corrected chi connectivity index (χ3v) is 5.20. The number of nitrogens with one attached hydrogen (secondary N) is 2. The number of nitrogens with zero attached hydrogens (tertiary/aromatic N) is 1. The van der Waals surface area contributed by atoms with Crippen LogP contribution < -0.4 is 19.7 Å². The molecule has 2 N–H and O–H groups in total. The number of sulfonamides is 1. The summed E-state index contributed by atoms with van der Waals surface area (Å²) in [6.07, 6.45) is 0. The molecule has 0 spiro atoms. The molecule has 0 heterocycles. The van der Waals surface area contributed by atoms with Gasteiger partial charge < -0.3 is 15.0 Å². The molecule has 8 heteroatoms. The Morgan fingerprint density at radius 2 is 1.62 bits per heavy atom. The summed E-state index contributed by atoms with van der Waals surface area (Å²) in [5.41, 5.74) is 1.52. The van der Waals surface area contributed by atoms with Crippen LogP contribution in [0.2, 0.25) is 0 Å². The highest BCUT2D eigenvalue weighted by Gasteiger charge is 2.13. The van der Waals surface area contributed by atoms with Crippen LogP contribution >= 0.6 is 0 Å². The fraction of sp³-hybridized carbons (Fsp3) is 0.278. The first-order valence-electron chi connectivity index (χ1n) is 8.03. The molecule has 2 rings (SSSR count). The first-order chi connectivity index (χ1) is 12.3. The van der Waals surface area contributed by atoms with E-state index in [-0.39, 0.29) is 23.9 Å². The third kappa shape index (κ3) is 5.21. The molecule has 1 amide bonds. The highest BCUT2D eigenvalue weighted by molar-refractivity contribution is 7.89. The van der Waals surface area contributed by atoms with Gasteiger partial charge in [-0.25, -0.2) is 13.1 Å². The van der Waals surface area contributed by atoms with Crippen LogP contribution in [-0.4, -0.2) is 48.6 Å². The molecule has 0 aromatic heterocycles. The Hall–Kier alpha value is -2.58. The number of anilines is 1. The average Bonchev–Trinajstić information content (AvgIpc) is 2.65. The van der Waals surface area contributed by atoms with Gasteiger partial charge >= 0.3 is 0 Å². The normalized spacial score (nSPS) is 11.0. The molecule has 140 valence electrons. The van der Waals surface area contributed by atoms with Gasteiger partial charge in [-0.2, -0.15) is 0 Å². The molecule has 7 nitrogen and oxygen atoms in total. The summed E-state index contributed by atoms with van der Waals surface area (Å²) in [4.78, 5) is 14.2. The maximum absolute atomic E-state index is 12.2. The van der Waals surface area contributed by atoms with E-state index in [4.69, 9.17) is 4.74 Å². The highest BCUT2D eigenvalue weighted by Crippen LogP contribution is 2.15. The zero-order valence-corrected chi connectivity index (χ0v) is 15.8. The molecule has 26 heavy (non-hydrogen) atoms. The van der Waals surface area contributed by atoms with E-state index in [0.29, 0.717) is 11.3 Å². The molecule has 2 aromatic carbocycles. The minimum atomic E-state index is -3.63. The van der Waals surface area contributed by atoms with E-state index in [1.54, 1.807) is 24.3 Å². The number of carbonyl (C=O) groups is 1. The number of hydrogen-bond donors (Lipinski definition) is 2. The lowest BCUT2D eigenvalue weighted by Crippen LogP contribution is -2.34. The van der Waals surface area contributed by atoms with E-state index in [9.17, 15) is 13.2 Å². The number of ether oxygens (including phenoxy) is 1. The minimum Gasteiger partial charge on any atom is -0.497 e. The van der Waals surface area contributed by atoms with Crippen molar-refractivity contribution in [3.63, 3.8) is 0 Å². The van der Waals surface area contributed by atoms with Crippen molar-refractivity contribution in [3.8, 4) is 5.75 Å². The lowest BCUT2D eigenvalue weighted by Gasteiger charge is -2.12. The van der Waals surface area contributed by atoms with Crippen LogP contribution in [0.3, 0.4) is 0 Å². The summed E-state index contributed by atoms with van der Waals surface area (Å²) in [6, 6.07) is 13.2. The van der Waals surface area contributed by atoms with Gasteiger partial charge in [0.25, 0.3) is 5.91 Å². The Morgan fingerprint density at radius 3 is 2.15 bits per heavy atom. The molecule has 2 aromatic rings. The largest absolute Gasteiger partial charge is 0.497 e. The quantitative estimate of drug-likeness (QED) is 0.680. The van der Waals surface area contributed by atoms with Crippen LogP contribution in [0, 0.1) is 0 Å². The van der Waals surface area contributed by atoms with Gasteiger partial charge in [0.1, 0.15) is 5.75 Å². The minimum absolute atomic E-state index is 0.0931. The number of amides is 1. The predicted molar refractivity (Wildman–Crippen MR) is 101 cm³/mol. The van der Waals surface area contributed by atoms with Crippen molar-refractivity contribution in [2.24, 2.45) is 0 Å². The molecular weight excluding hydrogens is 354 g/mol. The van der Waals surface area contributed by atoms with Crippen molar-refractivity contribution >= 4 is 21.6 Å². The Labute approximate surface area is 154 Å². The van der Waals surface area contributed by atoms with Gasteiger partial charge in [0.2, 0.25) is 10.0 Å². The summed E-state index contributed by atoms with van der Waals surface area (Å²) in [5.74, 6) is 0.329. The summed E-state index contributed by atoms with van der Waals surface area (Å²) < 4.78 is 31.8. The Balaban J connectivity index is 1.84. The van der Waals surface area contributed by atoms with Crippen molar-refractivity contribution < 1.29 is 17.9 Å². The fourth-order valence-electron chi connectivity index (χ4n) is 2.21. The van der Waals surface area contributed by atoms with E-state index in [1.165, 1.54) is 19.2 Å². The number of carbonyl (C=O) groups excluding carboxylic acids is 1. The van der Waals surface area contributed by atoms with E-state index >= 15 is 0 Å². The molecule has 0 aliphatic carbocycles. The number of methoxy groups -OCH3 is 1. The molecule has 0 radical (unpaired) electrons. The van der Waals surface area contributed by atoms with Crippen molar-refractivity contribution in [3.05, 3.63) is 54.1 Å². The molecule has 0 saturated carbocycles. The monoisotopic (exact) mass is 377 g/mol. The molecule has 0 fully saturated rings. The second kappa shape index (κ2) is 8.68. The van der Waals surface area contributed by atoms with Gasteiger partial charge in [-0.3, -0.25) is 4.79 Å². The Morgan fingerprint density at radius 1 is 1.00 bits per heavy atom. The Bertz CT molecular complexity index is 832. The summed E-state index contributed by atoms with van der Waals surface area (Å²) in [6.45, 7) is 0.277. The van der Waals surface area contributed by atoms with Gasteiger partial charge in [-0.1, -0.05) is 0 Å². The zero-order valence-electron chi connectivity index (χ0n) is 15.0. The van der Waals surface area contributed by atoms with Crippen molar-refractivity contribution in [2.45, 2.75) is 4.90 Å². The van der Waals surface area contributed by atoms with Crippen LogP contribution in [0.15, 0.2) is 53.4 Å². The lowest BCUT2D eigenvalue weighted by atomic mass is 10.2. The van der Waals surface area contributed by atoms with Gasteiger partial charge in [0, 0.05) is 38.4 Å². The topological polar surface area (TPSA) is 87.7 Å². The lowest BCUT2D eigenvalue weighted by molar-refractivity contribution is 0.0954. The van der Waals surface area contributed by atoms with Crippen molar-refractivity contribution in [1.29, 1.82) is 0 Å². The van der Waals surface area contributed by atoms with Crippen molar-refractivity contribution in [1.82, 2.24) is 10.0 Å². The molecular formula is C18H23N3O4S. The van der Waals surface area contributed by atoms with E-state index in [1.807, 2.05) is 31.1 Å². The Kier molecular flexibility index (Phi) is 6.59. The first-order valence-corrected chi connectivity index (χ1v) is 9.51. The SMILES string of the molecule is COc1ccc(S(=O)(=O)NCCNC(=O)c2ccc(N(C)C)cc2)cc1. The average molecular weight is 377 g/mol. The van der Waals surface area contributed by atoms with Gasteiger partial charge in [-0.05, 0) is 48.5 Å². The molecule has 0 aliphatic rings. The smallest absolute Gasteiger partial charge is 0.251 e. The maximum atomic E-state index is 12.2. The standard InChI is InChI=1S/C18H23N3O4S/c1-21(2)15-6-4-14(5-7-15)18(22)19-12-13-20-26(23,24)17-10-8-16(25-3)9-11-17/h4-11,20H,12-13H2,1-3H3,(H,19,22). The van der Waals surface area contributed by atoms with Crippen LogP contribution in [0.4, 0.5) is 5.69 Å². The second-order valence-corrected chi connectivity index (χ2v) is 7.54. The number of hydrogen-bond acceptors (Lipinski definition) is 5. The second-order valence-electron chi connectivity index (χ2n) is 5.77. The molecule has 0 unspecified atom stereocenters. The summed E-state index contributed by atoms with van der Waals surface area (Å²) >= 11 is 0. The predicted octanol–water partition coefficient (Wildman–Crippen LogP) is 1.47. The van der Waals surface area contributed by atoms with Gasteiger partial charge in [0.05, 0.1) is 12.0 Å². The van der Waals surface area contributed by atoms with Crippen LogP contribution in [0.5, 0.6) is 5.75 Å². The molecule has 0 aliphatic heterocycles. The van der Waals surface area contributed by atoms with Crippen molar-refractivity contribution in [2.75, 3.05) is 39.2 Å². The number of benzene rings is 2. The van der Waals surface area contributed by atoms with E-state index in [2.05, 4.69) is 10.0 Å². The van der Waals surface area contributed by atoms with Crippen LogP contribution in [0.25, 0.3) is 0 Å². The summed E-state index contributed by atoms with van der Waals surface area (Å²) in [5, 5.41) is 2.69. The highest BCUT2D eigenvalue weighted by atomic mass is 32.2. The third-order valence-electron chi connectivity index (χ3n) is 3.72. The van der Waals surface area contributed by atoms with Crippen LogP contribution in [0.1, 0.15) is 10.4 Å².